The first-order valence-corrected chi connectivity index (χ1v) is 9.30. The first-order chi connectivity index (χ1) is 12.6. The molecule has 1 N–H and O–H groups in total. The third kappa shape index (κ3) is 5.16. The van der Waals surface area contributed by atoms with Crippen LogP contribution in [0, 0.1) is 12.8 Å². The maximum atomic E-state index is 12.6. The molecule has 1 amide bonds. The van der Waals surface area contributed by atoms with Gasteiger partial charge in [-0.25, -0.2) is 0 Å². The molecule has 138 valence electrons. The second-order valence-corrected chi connectivity index (χ2v) is 7.16. The third-order valence-corrected chi connectivity index (χ3v) is 4.95. The summed E-state index contributed by atoms with van der Waals surface area (Å²) in [5.74, 6) is 0.226. The summed E-state index contributed by atoms with van der Waals surface area (Å²) in [6, 6.07) is 16.5. The van der Waals surface area contributed by atoms with E-state index in [2.05, 4.69) is 41.4 Å². The minimum absolute atomic E-state index is 0.0924. The minimum atomic E-state index is 0.0924. The smallest absolute Gasteiger partial charge is 0.227 e. The molecule has 3 rings (SSSR count). The number of amides is 1. The molecule has 0 radical (unpaired) electrons. The van der Waals surface area contributed by atoms with Gasteiger partial charge in [0.05, 0.1) is 6.61 Å². The maximum Gasteiger partial charge on any atom is 0.227 e. The van der Waals surface area contributed by atoms with Gasteiger partial charge in [0.1, 0.15) is 0 Å². The van der Waals surface area contributed by atoms with Crippen LogP contribution in [0.3, 0.4) is 0 Å². The number of rotatable bonds is 6. The predicted molar refractivity (Wildman–Crippen MR) is 105 cm³/mol. The van der Waals surface area contributed by atoms with Crippen LogP contribution in [-0.4, -0.2) is 31.0 Å². The second kappa shape index (κ2) is 8.97. The fourth-order valence-electron chi connectivity index (χ4n) is 3.57. The zero-order valence-corrected chi connectivity index (χ0v) is 15.7. The van der Waals surface area contributed by atoms with E-state index in [0.717, 1.165) is 43.7 Å². The van der Waals surface area contributed by atoms with E-state index < -0.39 is 0 Å². The van der Waals surface area contributed by atoms with Crippen molar-refractivity contribution < 1.29 is 9.53 Å². The van der Waals surface area contributed by atoms with E-state index in [1.807, 2.05) is 24.3 Å². The molecule has 1 fully saturated rings. The van der Waals surface area contributed by atoms with E-state index >= 15 is 0 Å². The Bertz CT molecular complexity index is 736. The summed E-state index contributed by atoms with van der Waals surface area (Å²) < 4.78 is 5.15. The summed E-state index contributed by atoms with van der Waals surface area (Å²) in [5.41, 5.74) is 4.57. The highest BCUT2D eigenvalue weighted by Crippen LogP contribution is 2.21. The molecule has 4 nitrogen and oxygen atoms in total. The van der Waals surface area contributed by atoms with Crippen LogP contribution >= 0.6 is 0 Å². The molecule has 1 aliphatic heterocycles. The number of aryl methyl sites for hydroxylation is 1. The molecule has 1 aliphatic rings. The Morgan fingerprint density at radius 2 is 1.85 bits per heavy atom. The zero-order chi connectivity index (χ0) is 18.4. The first-order valence-electron chi connectivity index (χ1n) is 9.30. The number of likely N-dealkylation sites (tertiary alicyclic amines) is 1. The number of hydrogen-bond donors (Lipinski definition) is 1. The van der Waals surface area contributed by atoms with Crippen LogP contribution in [0.4, 0.5) is 5.69 Å². The fourth-order valence-corrected chi connectivity index (χ4v) is 3.57. The van der Waals surface area contributed by atoms with E-state index in [1.54, 1.807) is 7.11 Å². The number of carbonyl (C=O) groups excluding carboxylic acids is 1. The van der Waals surface area contributed by atoms with Gasteiger partial charge in [-0.2, -0.15) is 0 Å². The minimum Gasteiger partial charge on any atom is -0.380 e. The molecule has 2 aromatic carbocycles. The molecule has 0 bridgehead atoms. The molecule has 0 unspecified atom stereocenters. The number of ether oxygens (including phenoxy) is 1. The van der Waals surface area contributed by atoms with Crippen LogP contribution in [-0.2, 0) is 22.7 Å². The topological polar surface area (TPSA) is 41.6 Å². The summed E-state index contributed by atoms with van der Waals surface area (Å²) in [4.78, 5) is 15.0. The normalized spacial score (nSPS) is 15.8. The van der Waals surface area contributed by atoms with Crippen molar-refractivity contribution in [2.24, 2.45) is 5.92 Å². The second-order valence-electron chi connectivity index (χ2n) is 7.16. The molecule has 26 heavy (non-hydrogen) atoms. The SMILES string of the molecule is COCc1cccc(NC(=O)C2CCN(Cc3cccc(C)c3)CC2)c1. The standard InChI is InChI=1S/C22H28N2O2/c1-17-5-3-6-18(13-17)15-24-11-9-20(10-12-24)22(25)23-21-8-4-7-19(14-21)16-26-2/h3-8,13-14,20H,9-12,15-16H2,1-2H3,(H,23,25). The van der Waals surface area contributed by atoms with Crippen molar-refractivity contribution in [1.82, 2.24) is 4.90 Å². The van der Waals surface area contributed by atoms with Crippen molar-refractivity contribution in [2.45, 2.75) is 32.9 Å². The van der Waals surface area contributed by atoms with Crippen molar-refractivity contribution in [2.75, 3.05) is 25.5 Å². The van der Waals surface area contributed by atoms with Crippen LogP contribution in [0.15, 0.2) is 48.5 Å². The predicted octanol–water partition coefficient (Wildman–Crippen LogP) is 3.99. The van der Waals surface area contributed by atoms with E-state index in [0.29, 0.717) is 6.61 Å². The number of nitrogens with zero attached hydrogens (tertiary/aromatic N) is 1. The van der Waals surface area contributed by atoms with Crippen molar-refractivity contribution in [3.8, 4) is 0 Å². The number of anilines is 1. The average Bonchev–Trinajstić information content (AvgIpc) is 2.63. The Morgan fingerprint density at radius 1 is 1.12 bits per heavy atom. The fraction of sp³-hybridized carbons (Fsp3) is 0.409. The number of piperidine rings is 1. The largest absolute Gasteiger partial charge is 0.380 e. The number of benzene rings is 2. The van der Waals surface area contributed by atoms with Gasteiger partial charge >= 0.3 is 0 Å². The molecular weight excluding hydrogens is 324 g/mol. The van der Waals surface area contributed by atoms with Gasteiger partial charge in [-0.3, -0.25) is 9.69 Å². The number of methoxy groups -OCH3 is 1. The van der Waals surface area contributed by atoms with Crippen LogP contribution < -0.4 is 5.32 Å². The van der Waals surface area contributed by atoms with Crippen LogP contribution in [0.1, 0.15) is 29.5 Å². The summed E-state index contributed by atoms with van der Waals surface area (Å²) >= 11 is 0. The lowest BCUT2D eigenvalue weighted by molar-refractivity contribution is -0.121. The van der Waals surface area contributed by atoms with Gasteiger partial charge in [0.15, 0.2) is 0 Å². The highest BCUT2D eigenvalue weighted by Gasteiger charge is 2.25. The molecule has 0 aromatic heterocycles. The van der Waals surface area contributed by atoms with Crippen molar-refractivity contribution >= 4 is 11.6 Å². The Labute approximate surface area is 156 Å². The molecule has 0 saturated carbocycles. The molecule has 1 heterocycles. The summed E-state index contributed by atoms with van der Waals surface area (Å²) in [6.45, 7) is 5.59. The molecule has 1 saturated heterocycles. The summed E-state index contributed by atoms with van der Waals surface area (Å²) in [5, 5.41) is 3.07. The van der Waals surface area contributed by atoms with Crippen molar-refractivity contribution in [3.05, 3.63) is 65.2 Å². The zero-order valence-electron chi connectivity index (χ0n) is 15.7. The van der Waals surface area contributed by atoms with Gasteiger partial charge in [0.25, 0.3) is 0 Å². The van der Waals surface area contributed by atoms with E-state index in [-0.39, 0.29) is 11.8 Å². The highest BCUT2D eigenvalue weighted by molar-refractivity contribution is 5.92. The number of nitrogens with one attached hydrogen (secondary N) is 1. The Hall–Kier alpha value is -2.17. The summed E-state index contributed by atoms with van der Waals surface area (Å²) in [7, 11) is 1.68. The van der Waals surface area contributed by atoms with Gasteiger partial charge in [0, 0.05) is 25.3 Å². The molecule has 0 spiro atoms. The molecule has 4 heteroatoms. The first kappa shape index (κ1) is 18.6. The molecular formula is C22H28N2O2. The Kier molecular flexibility index (Phi) is 6.42. The van der Waals surface area contributed by atoms with Crippen LogP contribution in [0.5, 0.6) is 0 Å². The van der Waals surface area contributed by atoms with Gasteiger partial charge in [-0.05, 0) is 56.1 Å². The molecule has 0 atom stereocenters. The monoisotopic (exact) mass is 352 g/mol. The van der Waals surface area contributed by atoms with E-state index in [1.165, 1.54) is 11.1 Å². The van der Waals surface area contributed by atoms with Gasteiger partial charge < -0.3 is 10.1 Å². The molecule has 0 aliphatic carbocycles. The lowest BCUT2D eigenvalue weighted by atomic mass is 9.95. The average molecular weight is 352 g/mol. The highest BCUT2D eigenvalue weighted by atomic mass is 16.5. The van der Waals surface area contributed by atoms with Crippen LogP contribution in [0.2, 0.25) is 0 Å². The number of carbonyl (C=O) groups is 1. The van der Waals surface area contributed by atoms with Crippen LogP contribution in [0.25, 0.3) is 0 Å². The van der Waals surface area contributed by atoms with Gasteiger partial charge in [-0.15, -0.1) is 0 Å². The lowest BCUT2D eigenvalue weighted by Gasteiger charge is -2.31. The number of hydrogen-bond acceptors (Lipinski definition) is 3. The quantitative estimate of drug-likeness (QED) is 0.855. The van der Waals surface area contributed by atoms with Crippen molar-refractivity contribution in [3.63, 3.8) is 0 Å². The summed E-state index contributed by atoms with van der Waals surface area (Å²) in [6.07, 6.45) is 1.82. The lowest BCUT2D eigenvalue weighted by Crippen LogP contribution is -2.37. The van der Waals surface area contributed by atoms with E-state index in [4.69, 9.17) is 4.74 Å². The van der Waals surface area contributed by atoms with Crippen molar-refractivity contribution in [1.29, 1.82) is 0 Å². The Balaban J connectivity index is 1.49. The third-order valence-electron chi connectivity index (χ3n) is 4.95. The van der Waals surface area contributed by atoms with E-state index in [9.17, 15) is 4.79 Å². The molecule has 2 aromatic rings. The van der Waals surface area contributed by atoms with Gasteiger partial charge in [-0.1, -0.05) is 42.0 Å². The Morgan fingerprint density at radius 3 is 2.58 bits per heavy atom. The maximum absolute atomic E-state index is 12.6. The van der Waals surface area contributed by atoms with Gasteiger partial charge in [0.2, 0.25) is 5.91 Å².